The van der Waals surface area contributed by atoms with Crippen molar-refractivity contribution < 1.29 is 49.0 Å². The topological polar surface area (TPSA) is 152 Å². The summed E-state index contributed by atoms with van der Waals surface area (Å²) in [5.74, 6) is -1.11. The number of carbonyl (C=O) groups is 2. The third-order valence-electron chi connectivity index (χ3n) is 9.48. The zero-order valence-electron chi connectivity index (χ0n) is 34.2. The highest BCUT2D eigenvalue weighted by Crippen LogP contribution is 2.22. The van der Waals surface area contributed by atoms with Crippen LogP contribution in [0.15, 0.2) is 60.8 Å². The van der Waals surface area contributed by atoms with E-state index in [-0.39, 0.29) is 19.6 Å². The molecule has 4 N–H and O–H groups in total. The summed E-state index contributed by atoms with van der Waals surface area (Å²) in [5.41, 5.74) is 0. The minimum atomic E-state index is -1.62. The molecule has 0 aromatic heterocycles. The lowest BCUT2D eigenvalue weighted by Crippen LogP contribution is -2.59. The maximum Gasteiger partial charge on any atom is 0.331 e. The van der Waals surface area contributed by atoms with E-state index in [0.29, 0.717) is 6.42 Å². The molecule has 1 aliphatic rings. The Morgan fingerprint density at radius 3 is 1.76 bits per heavy atom. The van der Waals surface area contributed by atoms with Crippen molar-refractivity contribution in [1.29, 1.82) is 0 Å². The minimum Gasteiger partial charge on any atom is -0.462 e. The van der Waals surface area contributed by atoms with E-state index >= 15 is 0 Å². The fourth-order valence-corrected chi connectivity index (χ4v) is 6.04. The molecule has 1 fully saturated rings. The van der Waals surface area contributed by atoms with Gasteiger partial charge in [0.15, 0.2) is 12.4 Å². The molecule has 10 heteroatoms. The van der Waals surface area contributed by atoms with Gasteiger partial charge in [-0.1, -0.05) is 146 Å². The van der Waals surface area contributed by atoms with Gasteiger partial charge in [-0.3, -0.25) is 4.79 Å². The maximum atomic E-state index is 12.6. The first-order valence-electron chi connectivity index (χ1n) is 21.4. The zero-order valence-corrected chi connectivity index (χ0v) is 34.2. The van der Waals surface area contributed by atoms with Crippen LogP contribution in [0.5, 0.6) is 0 Å². The van der Waals surface area contributed by atoms with Gasteiger partial charge in [-0.15, -0.1) is 0 Å². The molecule has 0 saturated carbocycles. The van der Waals surface area contributed by atoms with E-state index in [2.05, 4.69) is 50.3 Å². The number of allylic oxidation sites excluding steroid dienone is 9. The molecule has 1 aliphatic heterocycles. The lowest BCUT2D eigenvalue weighted by Gasteiger charge is -2.39. The second-order valence-electron chi connectivity index (χ2n) is 14.5. The number of aliphatic hydroxyl groups excluding tert-OH is 4. The summed E-state index contributed by atoms with van der Waals surface area (Å²) in [6.07, 6.45) is 35.7. The van der Waals surface area contributed by atoms with E-state index < -0.39 is 55.4 Å². The van der Waals surface area contributed by atoms with Crippen LogP contribution in [-0.4, -0.2) is 89.0 Å². The van der Waals surface area contributed by atoms with Crippen LogP contribution in [0.25, 0.3) is 0 Å². The van der Waals surface area contributed by atoms with Crippen LogP contribution in [-0.2, 0) is 28.5 Å². The van der Waals surface area contributed by atoms with Gasteiger partial charge in [-0.2, -0.15) is 0 Å². The average molecular weight is 777 g/mol. The van der Waals surface area contributed by atoms with Crippen molar-refractivity contribution in [3.05, 3.63) is 60.8 Å². The van der Waals surface area contributed by atoms with Gasteiger partial charge in [0.2, 0.25) is 0 Å². The number of esters is 2. The van der Waals surface area contributed by atoms with Crippen LogP contribution >= 0.6 is 0 Å². The molecule has 0 aromatic rings. The predicted octanol–water partition coefficient (Wildman–Crippen LogP) is 8.66. The SMILES string of the molecule is CCCCC/C=C/C/C=C/C/C=C/CCCCC(=O)OC[C@@H](CO[C@H]1O[C@@H](CO)[C@@H](O)C(O)C1O)OC(=O)/C=C/C=C/CCCCCCCCCCCCC. The Balaban J connectivity index is 2.45. The van der Waals surface area contributed by atoms with Crippen LogP contribution in [0, 0.1) is 0 Å². The van der Waals surface area contributed by atoms with E-state index in [1.807, 2.05) is 6.08 Å². The molecule has 6 atom stereocenters. The number of unbranched alkanes of at least 4 members (excludes halogenated alkanes) is 16. The van der Waals surface area contributed by atoms with Crippen molar-refractivity contribution in [1.82, 2.24) is 0 Å². The third-order valence-corrected chi connectivity index (χ3v) is 9.48. The normalized spacial score (nSPS) is 21.2. The summed E-state index contributed by atoms with van der Waals surface area (Å²) in [4.78, 5) is 25.1. The number of hydrogen-bond donors (Lipinski definition) is 4. The van der Waals surface area contributed by atoms with Crippen LogP contribution in [0.2, 0.25) is 0 Å². The fourth-order valence-electron chi connectivity index (χ4n) is 6.04. The zero-order chi connectivity index (χ0) is 40.2. The van der Waals surface area contributed by atoms with Crippen LogP contribution in [0.4, 0.5) is 0 Å². The number of ether oxygens (including phenoxy) is 4. The number of hydrogen-bond acceptors (Lipinski definition) is 10. The Labute approximate surface area is 332 Å². The van der Waals surface area contributed by atoms with Crippen LogP contribution < -0.4 is 0 Å². The summed E-state index contributed by atoms with van der Waals surface area (Å²) < 4.78 is 21.9. The fraction of sp³-hybridized carbons (Fsp3) is 0.733. The quantitative estimate of drug-likeness (QED) is 0.0164. The second-order valence-corrected chi connectivity index (χ2v) is 14.5. The van der Waals surface area contributed by atoms with Crippen molar-refractivity contribution in [2.24, 2.45) is 0 Å². The monoisotopic (exact) mass is 777 g/mol. The number of carbonyl (C=O) groups excluding carboxylic acids is 2. The number of rotatable bonds is 34. The average Bonchev–Trinajstić information content (AvgIpc) is 3.18. The first kappa shape index (κ1) is 50.4. The van der Waals surface area contributed by atoms with E-state index in [9.17, 15) is 30.0 Å². The predicted molar refractivity (Wildman–Crippen MR) is 219 cm³/mol. The molecule has 1 rings (SSSR count). The molecule has 316 valence electrons. The first-order chi connectivity index (χ1) is 26.8. The van der Waals surface area contributed by atoms with Crippen LogP contribution in [0.1, 0.15) is 155 Å². The van der Waals surface area contributed by atoms with Gasteiger partial charge >= 0.3 is 11.9 Å². The van der Waals surface area contributed by atoms with Crippen molar-refractivity contribution in [2.75, 3.05) is 19.8 Å². The molecular formula is C45H76O10. The van der Waals surface area contributed by atoms with Crippen molar-refractivity contribution in [3.63, 3.8) is 0 Å². The Hall–Kier alpha value is -2.60. The van der Waals surface area contributed by atoms with Gasteiger partial charge in [0.25, 0.3) is 0 Å². The van der Waals surface area contributed by atoms with Gasteiger partial charge in [-0.05, 0) is 57.8 Å². The van der Waals surface area contributed by atoms with Gasteiger partial charge in [0.05, 0.1) is 13.2 Å². The Morgan fingerprint density at radius 1 is 0.618 bits per heavy atom. The minimum absolute atomic E-state index is 0.205. The maximum absolute atomic E-state index is 12.6. The van der Waals surface area contributed by atoms with E-state index in [1.165, 1.54) is 89.5 Å². The van der Waals surface area contributed by atoms with Gasteiger partial charge in [0.1, 0.15) is 31.0 Å². The molecule has 0 amide bonds. The molecule has 1 heterocycles. The standard InChI is InChI=1S/C45H76O10/c1-3-5-7-9-11-13-15-17-19-21-23-25-27-29-31-33-40(47)52-36-38(37-53-45-44(51)43(50)42(49)39(35-46)55-45)54-41(48)34-32-30-28-26-24-22-20-18-16-14-12-10-8-6-4-2/h11,13,17,19,23,25,28,30,32,34,38-39,42-46,49-51H,3-10,12,14-16,18,20-22,24,26-27,29,31,33,35-37H2,1-2H3/b13-11+,19-17+,25-23+,30-28+,34-32+/t38-,39-,42+,43?,44?,45-/m0/s1. The van der Waals surface area contributed by atoms with Gasteiger partial charge in [-0.25, -0.2) is 4.79 Å². The van der Waals surface area contributed by atoms with Crippen LogP contribution in [0.3, 0.4) is 0 Å². The molecule has 0 spiro atoms. The largest absolute Gasteiger partial charge is 0.462 e. The Morgan fingerprint density at radius 2 is 1.15 bits per heavy atom. The molecule has 2 unspecified atom stereocenters. The summed E-state index contributed by atoms with van der Waals surface area (Å²) in [7, 11) is 0. The highest BCUT2D eigenvalue weighted by molar-refractivity contribution is 5.82. The van der Waals surface area contributed by atoms with Crippen molar-refractivity contribution in [2.45, 2.75) is 192 Å². The first-order valence-corrected chi connectivity index (χ1v) is 21.4. The summed E-state index contributed by atoms with van der Waals surface area (Å²) in [6, 6.07) is 0. The molecule has 0 aliphatic carbocycles. The molecule has 10 nitrogen and oxygen atoms in total. The smallest absolute Gasteiger partial charge is 0.331 e. The van der Waals surface area contributed by atoms with E-state index in [0.717, 1.165) is 44.9 Å². The third kappa shape index (κ3) is 27.6. The molecule has 1 saturated heterocycles. The Kier molecular flexibility index (Phi) is 32.8. The van der Waals surface area contributed by atoms with Crippen molar-refractivity contribution in [3.8, 4) is 0 Å². The molecule has 55 heavy (non-hydrogen) atoms. The molecule has 0 aromatic carbocycles. The number of aliphatic hydroxyl groups is 4. The lowest BCUT2D eigenvalue weighted by molar-refractivity contribution is -0.305. The lowest BCUT2D eigenvalue weighted by atomic mass is 9.99. The molecule has 0 radical (unpaired) electrons. The van der Waals surface area contributed by atoms with Crippen molar-refractivity contribution >= 4 is 11.9 Å². The summed E-state index contributed by atoms with van der Waals surface area (Å²) >= 11 is 0. The second kappa shape index (κ2) is 35.8. The summed E-state index contributed by atoms with van der Waals surface area (Å²) in [5, 5.41) is 40.0. The van der Waals surface area contributed by atoms with E-state index in [1.54, 1.807) is 12.2 Å². The van der Waals surface area contributed by atoms with Gasteiger partial charge in [0, 0.05) is 12.5 Å². The summed E-state index contributed by atoms with van der Waals surface area (Å²) in [6.45, 7) is 3.23. The van der Waals surface area contributed by atoms with Gasteiger partial charge < -0.3 is 39.4 Å². The van der Waals surface area contributed by atoms with E-state index in [4.69, 9.17) is 18.9 Å². The molecular weight excluding hydrogens is 700 g/mol. The highest BCUT2D eigenvalue weighted by atomic mass is 16.7. The molecule has 0 bridgehead atoms. The highest BCUT2D eigenvalue weighted by Gasteiger charge is 2.44. The Bertz CT molecular complexity index is 1080.